The van der Waals surface area contributed by atoms with Crippen molar-refractivity contribution in [2.24, 2.45) is 0 Å². The molecule has 0 radical (unpaired) electrons. The summed E-state index contributed by atoms with van der Waals surface area (Å²) in [6.45, 7) is 4.50. The van der Waals surface area contributed by atoms with E-state index in [0.29, 0.717) is 35.7 Å². The van der Waals surface area contributed by atoms with Crippen LogP contribution in [0.3, 0.4) is 0 Å². The average Bonchev–Trinajstić information content (AvgIpc) is 2.63. The Kier molecular flexibility index (Phi) is 7.67. The second-order valence-electron chi connectivity index (χ2n) is 6.38. The Labute approximate surface area is 162 Å². The number of methoxy groups -OCH3 is 1. The topological polar surface area (TPSA) is 70.7 Å². The van der Waals surface area contributed by atoms with Gasteiger partial charge in [-0.1, -0.05) is 33.1 Å². The second kappa shape index (κ2) is 9.53. The number of hydrogen-bond donors (Lipinski definition) is 2. The number of nitrogens with one attached hydrogen (secondary N) is 2. The van der Waals surface area contributed by atoms with Gasteiger partial charge in [0.15, 0.2) is 5.11 Å². The summed E-state index contributed by atoms with van der Waals surface area (Å²) in [6, 6.07) is 5.18. The standard InChI is InChI=1S/C18H29N3O3S2/c1-4-21(5-2)26(22,23)15-11-12-17(24-3)16(13-15)20-18(25)19-14-9-7-6-8-10-14/h11-14H,4-10H2,1-3H3,(H2,19,20,25). The molecule has 0 saturated heterocycles. The Morgan fingerprint density at radius 2 is 1.88 bits per heavy atom. The first-order valence-corrected chi connectivity index (χ1v) is 11.0. The molecule has 146 valence electrons. The highest BCUT2D eigenvalue weighted by atomic mass is 32.2. The molecule has 0 unspecified atom stereocenters. The second-order valence-corrected chi connectivity index (χ2v) is 8.73. The maximum atomic E-state index is 12.8. The fraction of sp³-hybridized carbons (Fsp3) is 0.611. The van der Waals surface area contributed by atoms with Gasteiger partial charge >= 0.3 is 0 Å². The third-order valence-corrected chi connectivity index (χ3v) is 6.97. The molecule has 6 nitrogen and oxygen atoms in total. The van der Waals surface area contributed by atoms with Crippen LogP contribution in [-0.4, -0.2) is 44.1 Å². The fourth-order valence-corrected chi connectivity index (χ4v) is 5.01. The lowest BCUT2D eigenvalue weighted by Crippen LogP contribution is -2.39. The number of hydrogen-bond acceptors (Lipinski definition) is 4. The lowest BCUT2D eigenvalue weighted by atomic mass is 9.96. The van der Waals surface area contributed by atoms with Gasteiger partial charge in [-0.25, -0.2) is 8.42 Å². The number of rotatable bonds is 7. The van der Waals surface area contributed by atoms with Crippen LogP contribution in [-0.2, 0) is 10.0 Å². The van der Waals surface area contributed by atoms with Crippen molar-refractivity contribution in [3.63, 3.8) is 0 Å². The number of nitrogens with zero attached hydrogens (tertiary/aromatic N) is 1. The summed E-state index contributed by atoms with van der Waals surface area (Å²) in [6.07, 6.45) is 5.91. The molecule has 1 fully saturated rings. The molecule has 2 N–H and O–H groups in total. The molecule has 2 rings (SSSR count). The van der Waals surface area contributed by atoms with Crippen LogP contribution >= 0.6 is 12.2 Å². The minimum absolute atomic E-state index is 0.227. The number of anilines is 1. The summed E-state index contributed by atoms with van der Waals surface area (Å²) in [5.74, 6) is 0.552. The maximum Gasteiger partial charge on any atom is 0.243 e. The molecule has 0 amide bonds. The third-order valence-electron chi connectivity index (χ3n) is 4.70. The lowest BCUT2D eigenvalue weighted by Gasteiger charge is -2.25. The average molecular weight is 400 g/mol. The van der Waals surface area contributed by atoms with Crippen molar-refractivity contribution < 1.29 is 13.2 Å². The van der Waals surface area contributed by atoms with E-state index < -0.39 is 10.0 Å². The van der Waals surface area contributed by atoms with Crippen molar-refractivity contribution in [2.75, 3.05) is 25.5 Å². The summed E-state index contributed by atoms with van der Waals surface area (Å²) in [5.41, 5.74) is 0.550. The molecular formula is C18H29N3O3S2. The van der Waals surface area contributed by atoms with Crippen LogP contribution in [0.25, 0.3) is 0 Å². The molecule has 0 bridgehead atoms. The van der Waals surface area contributed by atoms with Gasteiger partial charge in [-0.2, -0.15) is 4.31 Å². The zero-order chi connectivity index (χ0) is 19.2. The Morgan fingerprint density at radius 1 is 1.23 bits per heavy atom. The molecular weight excluding hydrogens is 370 g/mol. The van der Waals surface area contributed by atoms with E-state index in [2.05, 4.69) is 10.6 Å². The van der Waals surface area contributed by atoms with Gasteiger partial charge in [0.2, 0.25) is 10.0 Å². The predicted octanol–water partition coefficient (Wildman–Crippen LogP) is 3.34. The van der Waals surface area contributed by atoms with E-state index in [4.69, 9.17) is 17.0 Å². The first-order valence-electron chi connectivity index (χ1n) is 9.18. The first-order chi connectivity index (χ1) is 12.4. The summed E-state index contributed by atoms with van der Waals surface area (Å²) >= 11 is 5.42. The van der Waals surface area contributed by atoms with Gasteiger partial charge in [-0.15, -0.1) is 0 Å². The van der Waals surface area contributed by atoms with Crippen LogP contribution in [0.4, 0.5) is 5.69 Å². The van der Waals surface area contributed by atoms with E-state index in [0.717, 1.165) is 12.8 Å². The molecule has 26 heavy (non-hydrogen) atoms. The number of ether oxygens (including phenoxy) is 1. The van der Waals surface area contributed by atoms with Crippen molar-refractivity contribution in [1.29, 1.82) is 0 Å². The summed E-state index contributed by atoms with van der Waals surface area (Å²) in [5, 5.41) is 6.93. The first kappa shape index (κ1) is 20.9. The zero-order valence-electron chi connectivity index (χ0n) is 15.7. The smallest absolute Gasteiger partial charge is 0.243 e. The number of benzene rings is 1. The quantitative estimate of drug-likeness (QED) is 0.685. The van der Waals surface area contributed by atoms with Crippen molar-refractivity contribution in [1.82, 2.24) is 9.62 Å². The molecule has 8 heteroatoms. The van der Waals surface area contributed by atoms with E-state index in [1.54, 1.807) is 25.3 Å². The van der Waals surface area contributed by atoms with Crippen molar-refractivity contribution in [3.05, 3.63) is 18.2 Å². The number of thiocarbonyl (C=S) groups is 1. The third kappa shape index (κ3) is 5.08. The van der Waals surface area contributed by atoms with Crippen molar-refractivity contribution >= 4 is 33.0 Å². The zero-order valence-corrected chi connectivity index (χ0v) is 17.4. The van der Waals surface area contributed by atoms with Gasteiger partial charge in [0.1, 0.15) is 5.75 Å². The Bertz CT molecular complexity index is 712. The Morgan fingerprint density at radius 3 is 2.46 bits per heavy atom. The monoisotopic (exact) mass is 399 g/mol. The molecule has 0 heterocycles. The molecule has 1 aliphatic rings. The normalized spacial score (nSPS) is 15.7. The molecule has 0 atom stereocenters. The SMILES string of the molecule is CCN(CC)S(=O)(=O)c1ccc(OC)c(NC(=S)NC2CCCCC2)c1. The minimum atomic E-state index is -3.54. The molecule has 0 spiro atoms. The van der Waals surface area contributed by atoms with E-state index in [-0.39, 0.29) is 4.90 Å². The maximum absolute atomic E-state index is 12.8. The van der Waals surface area contributed by atoms with Crippen molar-refractivity contribution in [2.45, 2.75) is 56.9 Å². The van der Waals surface area contributed by atoms with Gasteiger partial charge in [0.25, 0.3) is 0 Å². The van der Waals surface area contributed by atoms with Crippen LogP contribution in [0.5, 0.6) is 5.75 Å². The molecule has 0 aliphatic heterocycles. The van der Waals surface area contributed by atoms with Crippen molar-refractivity contribution in [3.8, 4) is 5.75 Å². The largest absolute Gasteiger partial charge is 0.495 e. The van der Waals surface area contributed by atoms with Gasteiger partial charge in [-0.3, -0.25) is 0 Å². The lowest BCUT2D eigenvalue weighted by molar-refractivity contribution is 0.413. The van der Waals surface area contributed by atoms with Crippen LogP contribution in [0.1, 0.15) is 46.0 Å². The van der Waals surface area contributed by atoms with Gasteiger partial charge in [-0.05, 0) is 43.3 Å². The molecule has 1 saturated carbocycles. The van der Waals surface area contributed by atoms with Gasteiger partial charge in [0, 0.05) is 19.1 Å². The predicted molar refractivity (Wildman–Crippen MR) is 109 cm³/mol. The van der Waals surface area contributed by atoms with Crippen LogP contribution in [0, 0.1) is 0 Å². The number of sulfonamides is 1. The molecule has 1 aliphatic carbocycles. The summed E-state index contributed by atoms with van der Waals surface area (Å²) in [4.78, 5) is 0.227. The highest BCUT2D eigenvalue weighted by molar-refractivity contribution is 7.89. The molecule has 0 aromatic heterocycles. The Balaban J connectivity index is 2.20. The molecule has 1 aromatic carbocycles. The van der Waals surface area contributed by atoms with E-state index in [1.807, 2.05) is 13.8 Å². The van der Waals surface area contributed by atoms with E-state index in [9.17, 15) is 8.42 Å². The van der Waals surface area contributed by atoms with E-state index in [1.165, 1.54) is 23.6 Å². The molecule has 1 aromatic rings. The summed E-state index contributed by atoms with van der Waals surface area (Å²) in [7, 11) is -1.99. The Hall–Kier alpha value is -1.38. The van der Waals surface area contributed by atoms with E-state index >= 15 is 0 Å². The minimum Gasteiger partial charge on any atom is -0.495 e. The highest BCUT2D eigenvalue weighted by Gasteiger charge is 2.23. The van der Waals surface area contributed by atoms with Gasteiger partial charge < -0.3 is 15.4 Å². The van der Waals surface area contributed by atoms with Crippen LogP contribution in [0.2, 0.25) is 0 Å². The van der Waals surface area contributed by atoms with Crippen LogP contribution in [0.15, 0.2) is 23.1 Å². The summed E-state index contributed by atoms with van der Waals surface area (Å²) < 4.78 is 32.3. The highest BCUT2D eigenvalue weighted by Crippen LogP contribution is 2.29. The van der Waals surface area contributed by atoms with Gasteiger partial charge in [0.05, 0.1) is 17.7 Å². The van der Waals surface area contributed by atoms with Crippen LogP contribution < -0.4 is 15.4 Å². The fourth-order valence-electron chi connectivity index (χ4n) is 3.25.